The molecule has 0 spiro atoms. The summed E-state index contributed by atoms with van der Waals surface area (Å²) in [5.41, 5.74) is -0.350. The van der Waals surface area contributed by atoms with Crippen molar-refractivity contribution in [2.24, 2.45) is 10.4 Å². The van der Waals surface area contributed by atoms with E-state index in [9.17, 15) is 4.79 Å². The van der Waals surface area contributed by atoms with Crippen LogP contribution in [0.3, 0.4) is 0 Å². The molecule has 1 amide bonds. The van der Waals surface area contributed by atoms with Crippen LogP contribution in [-0.2, 0) is 9.53 Å². The van der Waals surface area contributed by atoms with Gasteiger partial charge in [-0.2, -0.15) is 0 Å². The number of nitrogens with zero attached hydrogens (tertiary/aromatic N) is 1. The molecule has 138 valence electrons. The van der Waals surface area contributed by atoms with Crippen molar-refractivity contribution in [1.82, 2.24) is 16.0 Å². The number of ether oxygens (including phenoxy) is 1. The van der Waals surface area contributed by atoms with Gasteiger partial charge < -0.3 is 20.7 Å². The Morgan fingerprint density at radius 1 is 1.00 bits per heavy atom. The van der Waals surface area contributed by atoms with Crippen LogP contribution in [0, 0.1) is 5.41 Å². The Balaban J connectivity index is 0. The first-order valence-corrected chi connectivity index (χ1v) is 8.22. The number of hydrogen-bond donors (Lipinski definition) is 3. The van der Waals surface area contributed by atoms with E-state index >= 15 is 0 Å². The lowest BCUT2D eigenvalue weighted by molar-refractivity contribution is -0.128. The van der Waals surface area contributed by atoms with Gasteiger partial charge in [-0.15, -0.1) is 24.0 Å². The average Bonchev–Trinajstić information content (AvgIpc) is 2.47. The number of aliphatic imine (C=N–C) groups is 1. The number of hydrogen-bond acceptors (Lipinski definition) is 3. The van der Waals surface area contributed by atoms with Crippen LogP contribution in [0.15, 0.2) is 4.99 Å². The van der Waals surface area contributed by atoms with Crippen molar-refractivity contribution in [3.63, 3.8) is 0 Å². The van der Waals surface area contributed by atoms with Crippen LogP contribution in [0.4, 0.5) is 0 Å². The maximum Gasteiger partial charge on any atom is 0.225 e. The summed E-state index contributed by atoms with van der Waals surface area (Å²) in [5, 5.41) is 9.29. The molecule has 3 N–H and O–H groups in total. The lowest BCUT2D eigenvalue weighted by atomic mass is 9.96. The first-order valence-electron chi connectivity index (χ1n) is 8.22. The highest BCUT2D eigenvalue weighted by Gasteiger charge is 2.20. The Morgan fingerprint density at radius 2 is 1.57 bits per heavy atom. The maximum atomic E-state index is 11.7. The van der Waals surface area contributed by atoms with E-state index in [0.717, 1.165) is 38.6 Å². The molecule has 6 nitrogen and oxygen atoms in total. The topological polar surface area (TPSA) is 74.8 Å². The number of unbranched alkanes of at least 4 members (excludes halogenated alkanes) is 1. The van der Waals surface area contributed by atoms with E-state index in [0.29, 0.717) is 13.1 Å². The number of rotatable bonds is 10. The van der Waals surface area contributed by atoms with Crippen molar-refractivity contribution in [2.75, 3.05) is 39.9 Å². The van der Waals surface area contributed by atoms with Crippen molar-refractivity contribution >= 4 is 35.8 Å². The maximum absolute atomic E-state index is 11.7. The fourth-order valence-electron chi connectivity index (χ4n) is 1.57. The number of carbonyl (C=O) groups is 1. The van der Waals surface area contributed by atoms with E-state index in [4.69, 9.17) is 4.74 Å². The van der Waals surface area contributed by atoms with Crippen molar-refractivity contribution in [1.29, 1.82) is 0 Å². The third kappa shape index (κ3) is 14.7. The summed E-state index contributed by atoms with van der Waals surface area (Å²) in [5.74, 6) is 0.806. The molecule has 0 fully saturated rings. The summed E-state index contributed by atoms with van der Waals surface area (Å²) >= 11 is 0. The number of guanidine groups is 1. The minimum atomic E-state index is -0.350. The minimum absolute atomic E-state index is 0. The Hall–Kier alpha value is -0.570. The summed E-state index contributed by atoms with van der Waals surface area (Å²) in [4.78, 5) is 15.8. The second kappa shape index (κ2) is 15.0. The predicted octanol–water partition coefficient (Wildman–Crippen LogP) is 2.14. The molecular weight excluding hydrogens is 407 g/mol. The van der Waals surface area contributed by atoms with Gasteiger partial charge >= 0.3 is 0 Å². The molecule has 0 heterocycles. The van der Waals surface area contributed by atoms with Crippen LogP contribution in [0.2, 0.25) is 0 Å². The first-order chi connectivity index (χ1) is 10.4. The Labute approximate surface area is 158 Å². The Bertz CT molecular complexity index is 331. The summed E-state index contributed by atoms with van der Waals surface area (Å²) in [6.45, 7) is 11.5. The predicted molar refractivity (Wildman–Crippen MR) is 108 cm³/mol. The Kier molecular flexibility index (Phi) is 16.1. The SMILES string of the molecule is CCCCOCCCNC(=NC)NCCNC(=O)C(C)(C)C.I. The van der Waals surface area contributed by atoms with Gasteiger partial charge in [0.1, 0.15) is 0 Å². The van der Waals surface area contributed by atoms with Gasteiger partial charge in [-0.1, -0.05) is 34.1 Å². The molecule has 23 heavy (non-hydrogen) atoms. The largest absolute Gasteiger partial charge is 0.381 e. The standard InChI is InChI=1S/C16H34N4O2.HI/c1-6-7-12-22-13-8-9-19-15(17-5)20-11-10-18-14(21)16(2,3)4;/h6-13H2,1-5H3,(H,18,21)(H2,17,19,20);1H. The van der Waals surface area contributed by atoms with Crippen LogP contribution in [0.25, 0.3) is 0 Å². The third-order valence-corrected chi connectivity index (χ3v) is 3.01. The number of nitrogens with one attached hydrogen (secondary N) is 3. The average molecular weight is 442 g/mol. The fraction of sp³-hybridized carbons (Fsp3) is 0.875. The molecule has 0 saturated carbocycles. The lowest BCUT2D eigenvalue weighted by Gasteiger charge is -2.18. The second-order valence-corrected chi connectivity index (χ2v) is 6.25. The molecule has 0 aromatic carbocycles. The van der Waals surface area contributed by atoms with Crippen LogP contribution in [0.1, 0.15) is 47.0 Å². The summed E-state index contributed by atoms with van der Waals surface area (Å²) in [6, 6.07) is 0. The summed E-state index contributed by atoms with van der Waals surface area (Å²) in [7, 11) is 1.74. The van der Waals surface area contributed by atoms with E-state index in [1.807, 2.05) is 20.8 Å². The molecule has 0 bridgehead atoms. The zero-order valence-corrected chi connectivity index (χ0v) is 17.7. The normalized spacial score (nSPS) is 11.6. The Morgan fingerprint density at radius 3 is 2.13 bits per heavy atom. The molecule has 0 radical (unpaired) electrons. The monoisotopic (exact) mass is 442 g/mol. The van der Waals surface area contributed by atoms with Crippen LogP contribution >= 0.6 is 24.0 Å². The number of halogens is 1. The van der Waals surface area contributed by atoms with E-state index < -0.39 is 0 Å². The van der Waals surface area contributed by atoms with Crippen molar-refractivity contribution in [2.45, 2.75) is 47.0 Å². The molecule has 0 saturated heterocycles. The van der Waals surface area contributed by atoms with Gasteiger partial charge in [-0.25, -0.2) is 0 Å². The van der Waals surface area contributed by atoms with Crippen LogP contribution in [-0.4, -0.2) is 51.8 Å². The van der Waals surface area contributed by atoms with E-state index in [2.05, 4.69) is 27.9 Å². The highest BCUT2D eigenvalue weighted by Crippen LogP contribution is 2.11. The lowest BCUT2D eigenvalue weighted by Crippen LogP contribution is -2.43. The van der Waals surface area contributed by atoms with Crippen molar-refractivity contribution in [3.8, 4) is 0 Å². The van der Waals surface area contributed by atoms with E-state index in [-0.39, 0.29) is 35.3 Å². The van der Waals surface area contributed by atoms with Gasteiger partial charge in [0, 0.05) is 45.3 Å². The van der Waals surface area contributed by atoms with E-state index in [1.54, 1.807) is 7.05 Å². The summed E-state index contributed by atoms with van der Waals surface area (Å²) < 4.78 is 5.50. The molecule has 0 aliphatic rings. The highest BCUT2D eigenvalue weighted by atomic mass is 127. The van der Waals surface area contributed by atoms with Gasteiger partial charge in [0.2, 0.25) is 5.91 Å². The molecule has 0 aliphatic heterocycles. The van der Waals surface area contributed by atoms with Crippen molar-refractivity contribution < 1.29 is 9.53 Å². The third-order valence-electron chi connectivity index (χ3n) is 3.01. The molecule has 0 rings (SSSR count). The zero-order valence-electron chi connectivity index (χ0n) is 15.3. The smallest absolute Gasteiger partial charge is 0.225 e. The van der Waals surface area contributed by atoms with Gasteiger partial charge in [0.05, 0.1) is 0 Å². The molecular formula is C16H35IN4O2. The molecule has 7 heteroatoms. The van der Waals surface area contributed by atoms with Gasteiger partial charge in [-0.05, 0) is 12.8 Å². The van der Waals surface area contributed by atoms with Gasteiger partial charge in [0.15, 0.2) is 5.96 Å². The fourth-order valence-corrected chi connectivity index (χ4v) is 1.57. The first kappa shape index (κ1) is 24.7. The molecule has 0 aromatic heterocycles. The van der Waals surface area contributed by atoms with E-state index in [1.165, 1.54) is 6.42 Å². The van der Waals surface area contributed by atoms with Crippen molar-refractivity contribution in [3.05, 3.63) is 0 Å². The minimum Gasteiger partial charge on any atom is -0.381 e. The molecule has 0 atom stereocenters. The highest BCUT2D eigenvalue weighted by molar-refractivity contribution is 14.0. The van der Waals surface area contributed by atoms with Crippen LogP contribution < -0.4 is 16.0 Å². The number of carbonyl (C=O) groups excluding carboxylic acids is 1. The van der Waals surface area contributed by atoms with Crippen LogP contribution in [0.5, 0.6) is 0 Å². The van der Waals surface area contributed by atoms with Gasteiger partial charge in [0.25, 0.3) is 0 Å². The zero-order chi connectivity index (χ0) is 16.8. The summed E-state index contributed by atoms with van der Waals surface area (Å²) in [6.07, 6.45) is 3.24. The molecule has 0 aromatic rings. The van der Waals surface area contributed by atoms with Gasteiger partial charge in [-0.3, -0.25) is 9.79 Å². The quantitative estimate of drug-likeness (QED) is 0.210. The molecule has 0 unspecified atom stereocenters. The second-order valence-electron chi connectivity index (χ2n) is 6.25. The molecule has 0 aliphatic carbocycles. The number of amides is 1.